The SMILES string of the molecule is COC(=O)/C=C/c1ccc2ccccc2n1.O=C(/C=C/c1ccc2ccccc2n1)NO.O=C(O)/C=C/c1ccc2ccccc2n1.O=Cc1ccc2ccccc2n1. The number of hydroxylamine groups is 1. The molecule has 0 fully saturated rings. The number of nitrogens with zero attached hydrogens (tertiary/aromatic N) is 4. The highest BCUT2D eigenvalue weighted by Crippen LogP contribution is 2.15. The van der Waals surface area contributed by atoms with E-state index in [0.717, 1.165) is 61.7 Å². The van der Waals surface area contributed by atoms with Gasteiger partial charge in [0.2, 0.25) is 0 Å². The summed E-state index contributed by atoms with van der Waals surface area (Å²) < 4.78 is 4.51. The van der Waals surface area contributed by atoms with Gasteiger partial charge < -0.3 is 9.84 Å². The van der Waals surface area contributed by atoms with Crippen LogP contribution in [0, 0.1) is 0 Å². The van der Waals surface area contributed by atoms with Crippen molar-refractivity contribution in [1.29, 1.82) is 0 Å². The summed E-state index contributed by atoms with van der Waals surface area (Å²) in [4.78, 5) is 59.5. The number of aromatic nitrogens is 4. The summed E-state index contributed by atoms with van der Waals surface area (Å²) in [5.74, 6) is -1.92. The number of aldehydes is 1. The van der Waals surface area contributed by atoms with Crippen molar-refractivity contribution in [3.63, 3.8) is 0 Å². The van der Waals surface area contributed by atoms with Gasteiger partial charge in [0.15, 0.2) is 6.29 Å². The summed E-state index contributed by atoms with van der Waals surface area (Å²) in [7, 11) is 1.35. The first-order valence-corrected chi connectivity index (χ1v) is 17.9. The van der Waals surface area contributed by atoms with E-state index in [1.807, 2.05) is 133 Å². The lowest BCUT2D eigenvalue weighted by molar-refractivity contribution is -0.135. The molecular weight excluding hydrogens is 747 g/mol. The van der Waals surface area contributed by atoms with Crippen molar-refractivity contribution in [2.24, 2.45) is 0 Å². The molecule has 0 bridgehead atoms. The van der Waals surface area contributed by atoms with Gasteiger partial charge in [0.25, 0.3) is 5.91 Å². The lowest BCUT2D eigenvalue weighted by Crippen LogP contribution is -2.14. The van der Waals surface area contributed by atoms with Crippen molar-refractivity contribution < 1.29 is 34.2 Å². The molecule has 1 amide bonds. The maximum absolute atomic E-state index is 10.9. The Balaban J connectivity index is 0.000000150. The number of methoxy groups -OCH3 is 1. The molecule has 0 aliphatic heterocycles. The molecule has 0 spiro atoms. The Labute approximate surface area is 338 Å². The summed E-state index contributed by atoms with van der Waals surface area (Å²) in [5.41, 5.74) is 7.57. The van der Waals surface area contributed by atoms with Gasteiger partial charge in [-0.25, -0.2) is 35.0 Å². The van der Waals surface area contributed by atoms with Crippen molar-refractivity contribution in [2.75, 3.05) is 7.11 Å². The average molecular weight is 784 g/mol. The third-order valence-electron chi connectivity index (χ3n) is 8.10. The number of pyridine rings is 4. The van der Waals surface area contributed by atoms with Crippen LogP contribution < -0.4 is 5.48 Å². The van der Waals surface area contributed by atoms with Crippen molar-refractivity contribution in [3.05, 3.63) is 187 Å². The zero-order valence-electron chi connectivity index (χ0n) is 31.6. The maximum atomic E-state index is 10.9. The number of amides is 1. The molecule has 4 aromatic carbocycles. The minimum atomic E-state index is -0.968. The van der Waals surface area contributed by atoms with Crippen molar-refractivity contribution in [3.8, 4) is 0 Å². The van der Waals surface area contributed by atoms with E-state index in [-0.39, 0.29) is 5.97 Å². The molecule has 12 heteroatoms. The number of rotatable bonds is 7. The van der Waals surface area contributed by atoms with Gasteiger partial charge in [-0.1, -0.05) is 97.1 Å². The molecule has 4 heterocycles. The fourth-order valence-electron chi connectivity index (χ4n) is 5.25. The Bertz CT molecular complexity index is 2720. The number of hydrogen-bond donors (Lipinski definition) is 3. The fraction of sp³-hybridized carbons (Fsp3) is 0.0213. The normalized spacial score (nSPS) is 10.7. The van der Waals surface area contributed by atoms with Gasteiger partial charge in [-0.3, -0.25) is 14.8 Å². The maximum Gasteiger partial charge on any atom is 0.330 e. The fourth-order valence-corrected chi connectivity index (χ4v) is 5.25. The van der Waals surface area contributed by atoms with Crippen LogP contribution in [-0.4, -0.2) is 61.5 Å². The minimum absolute atomic E-state index is 0.380. The van der Waals surface area contributed by atoms with Gasteiger partial charge in [0, 0.05) is 39.8 Å². The highest BCUT2D eigenvalue weighted by Gasteiger charge is 1.99. The largest absolute Gasteiger partial charge is 0.478 e. The van der Waals surface area contributed by atoms with Crippen LogP contribution in [0.4, 0.5) is 0 Å². The van der Waals surface area contributed by atoms with Crippen LogP contribution in [0.1, 0.15) is 27.6 Å². The second-order valence-electron chi connectivity index (χ2n) is 12.2. The molecule has 0 radical (unpaired) electrons. The standard InChI is InChI=1S/C13H11NO2.C12H10N2O2.C12H9NO2.C10H7NO/c1-16-13(15)9-8-11-7-6-10-4-2-3-5-12(10)14-11;15-12(14-16)8-7-10-6-5-9-3-1-2-4-11(9)13-10;14-12(15)8-7-10-6-5-9-3-1-2-4-11(9)13-10;12-7-9-6-5-8-3-1-2-4-10(8)11-9/h2-9H,1H3;1-8,16H,(H,14,15);1-8H,(H,14,15);1-7H/b9-8+;2*8-7+;. The number of hydrogen-bond acceptors (Lipinski definition) is 10. The number of nitrogens with one attached hydrogen (secondary N) is 1. The molecule has 0 unspecified atom stereocenters. The molecule has 59 heavy (non-hydrogen) atoms. The van der Waals surface area contributed by atoms with Gasteiger partial charge in [-0.2, -0.15) is 0 Å². The molecule has 12 nitrogen and oxygen atoms in total. The van der Waals surface area contributed by atoms with E-state index in [0.29, 0.717) is 17.1 Å². The third kappa shape index (κ3) is 13.2. The lowest BCUT2D eigenvalue weighted by atomic mass is 10.2. The third-order valence-corrected chi connectivity index (χ3v) is 8.10. The Morgan fingerprint density at radius 3 is 1.19 bits per heavy atom. The topological polar surface area (TPSA) is 182 Å². The number of ether oxygens (including phenoxy) is 1. The minimum Gasteiger partial charge on any atom is -0.478 e. The predicted octanol–water partition coefficient (Wildman–Crippen LogP) is 8.55. The number of carbonyl (C=O) groups is 4. The van der Waals surface area contributed by atoms with Crippen LogP contribution in [0.15, 0.2) is 164 Å². The number of esters is 1. The van der Waals surface area contributed by atoms with E-state index >= 15 is 0 Å². The summed E-state index contributed by atoms with van der Waals surface area (Å²) in [6, 6.07) is 45.9. The predicted molar refractivity (Wildman–Crippen MR) is 229 cm³/mol. The zero-order chi connectivity index (χ0) is 41.8. The summed E-state index contributed by atoms with van der Waals surface area (Å²) in [6.45, 7) is 0. The Hall–Kier alpha value is -8.22. The molecule has 4 aromatic heterocycles. The molecule has 8 rings (SSSR count). The molecule has 8 aromatic rings. The van der Waals surface area contributed by atoms with E-state index in [1.54, 1.807) is 18.2 Å². The zero-order valence-corrected chi connectivity index (χ0v) is 31.6. The molecule has 3 N–H and O–H groups in total. The van der Waals surface area contributed by atoms with Crippen LogP contribution in [0.5, 0.6) is 0 Å². The monoisotopic (exact) mass is 783 g/mol. The second kappa shape index (κ2) is 21.8. The van der Waals surface area contributed by atoms with Gasteiger partial charge in [-0.05, 0) is 66.8 Å². The number of carboxylic acid groups (broad SMARTS) is 1. The van der Waals surface area contributed by atoms with Crippen molar-refractivity contribution >= 4 is 86.0 Å². The second-order valence-corrected chi connectivity index (χ2v) is 12.2. The number of aliphatic carboxylic acids is 1. The van der Waals surface area contributed by atoms with Gasteiger partial charge in [-0.15, -0.1) is 0 Å². The van der Waals surface area contributed by atoms with Crippen LogP contribution in [0.25, 0.3) is 61.8 Å². The molecule has 0 aliphatic rings. The first kappa shape index (κ1) is 41.9. The first-order chi connectivity index (χ1) is 28.7. The number of benzene rings is 4. The van der Waals surface area contributed by atoms with Crippen LogP contribution in [-0.2, 0) is 19.1 Å². The lowest BCUT2D eigenvalue weighted by Gasteiger charge is -1.97. The van der Waals surface area contributed by atoms with E-state index in [2.05, 4.69) is 24.7 Å². The van der Waals surface area contributed by atoms with E-state index < -0.39 is 11.9 Å². The molecule has 292 valence electrons. The summed E-state index contributed by atoms with van der Waals surface area (Å²) in [5, 5.41) is 21.0. The number of para-hydroxylation sites is 4. The number of carboxylic acids is 1. The van der Waals surface area contributed by atoms with Crippen LogP contribution in [0.3, 0.4) is 0 Å². The number of carbonyl (C=O) groups excluding carboxylic acids is 3. The van der Waals surface area contributed by atoms with Gasteiger partial charge in [0.05, 0.1) is 46.3 Å². The first-order valence-electron chi connectivity index (χ1n) is 17.9. The van der Waals surface area contributed by atoms with Gasteiger partial charge in [0.1, 0.15) is 5.69 Å². The van der Waals surface area contributed by atoms with Crippen LogP contribution in [0.2, 0.25) is 0 Å². The molecule has 0 saturated carbocycles. The van der Waals surface area contributed by atoms with E-state index in [1.165, 1.54) is 36.9 Å². The number of fused-ring (bicyclic) bond motifs is 4. The van der Waals surface area contributed by atoms with Crippen molar-refractivity contribution in [2.45, 2.75) is 0 Å². The molecular formula is C47H37N5O7. The Morgan fingerprint density at radius 2 is 0.831 bits per heavy atom. The van der Waals surface area contributed by atoms with E-state index in [9.17, 15) is 19.2 Å². The highest BCUT2D eigenvalue weighted by molar-refractivity contribution is 5.91. The molecule has 0 saturated heterocycles. The molecule has 0 atom stereocenters. The highest BCUT2D eigenvalue weighted by atomic mass is 16.5. The molecule has 0 aliphatic carbocycles. The van der Waals surface area contributed by atoms with Crippen LogP contribution >= 0.6 is 0 Å². The average Bonchev–Trinajstić information content (AvgIpc) is 3.29. The quantitative estimate of drug-likeness (QED) is 0.0463. The van der Waals surface area contributed by atoms with E-state index in [4.69, 9.17) is 10.3 Å². The summed E-state index contributed by atoms with van der Waals surface area (Å²) >= 11 is 0. The van der Waals surface area contributed by atoms with Crippen molar-refractivity contribution in [1.82, 2.24) is 25.4 Å². The summed E-state index contributed by atoms with van der Waals surface area (Å²) in [6.07, 6.45) is 9.07. The Kier molecular flexibility index (Phi) is 15.5. The van der Waals surface area contributed by atoms with Gasteiger partial charge >= 0.3 is 11.9 Å². The smallest absolute Gasteiger partial charge is 0.330 e. The Morgan fingerprint density at radius 1 is 0.492 bits per heavy atom.